The lowest BCUT2D eigenvalue weighted by Crippen LogP contribution is -2.57. The first-order valence-electron chi connectivity index (χ1n) is 5.37. The fourth-order valence-electron chi connectivity index (χ4n) is 1.82. The molecule has 0 bridgehead atoms. The van der Waals surface area contributed by atoms with Gasteiger partial charge >= 0.3 is 0 Å². The molecule has 1 heterocycles. The van der Waals surface area contributed by atoms with Gasteiger partial charge in [-0.15, -0.1) is 0 Å². The number of rotatable bonds is 1. The molecule has 1 aliphatic heterocycles. The highest BCUT2D eigenvalue weighted by Crippen LogP contribution is 2.31. The maximum atomic E-state index is 13.6. The molecule has 1 saturated heterocycles. The van der Waals surface area contributed by atoms with Crippen LogP contribution in [0.25, 0.3) is 0 Å². The van der Waals surface area contributed by atoms with Crippen molar-refractivity contribution in [2.24, 2.45) is 0 Å². The molecule has 0 saturated carbocycles. The Morgan fingerprint density at radius 3 is 1.90 bits per heavy atom. The number of hydrogen-bond donors (Lipinski definition) is 1. The number of carbonyl (C=O) groups is 2. The Labute approximate surface area is 109 Å². The zero-order valence-electron chi connectivity index (χ0n) is 9.94. The first-order valence-corrected chi connectivity index (χ1v) is 5.37. The van der Waals surface area contributed by atoms with Gasteiger partial charge in [-0.1, -0.05) is 0 Å². The van der Waals surface area contributed by atoms with E-state index in [1.807, 2.05) is 0 Å². The third-order valence-corrected chi connectivity index (χ3v) is 2.77. The number of hydrogen-bond acceptors (Lipinski definition) is 2. The van der Waals surface area contributed by atoms with Gasteiger partial charge < -0.3 is 5.32 Å². The normalized spacial score (nSPS) is 19.3. The Morgan fingerprint density at radius 1 is 0.950 bits per heavy atom. The van der Waals surface area contributed by atoms with Gasteiger partial charge in [-0.05, 0) is 6.92 Å². The molecule has 9 heteroatoms. The third kappa shape index (κ3) is 1.98. The van der Waals surface area contributed by atoms with Crippen molar-refractivity contribution in [3.05, 3.63) is 29.1 Å². The lowest BCUT2D eigenvalue weighted by molar-refractivity contribution is -0.130. The number of nitrogens with one attached hydrogen (secondary N) is 1. The van der Waals surface area contributed by atoms with E-state index in [0.717, 1.165) is 0 Å². The van der Waals surface area contributed by atoms with Crippen LogP contribution < -0.4 is 10.2 Å². The van der Waals surface area contributed by atoms with Gasteiger partial charge in [0.25, 0.3) is 0 Å². The van der Waals surface area contributed by atoms with Gasteiger partial charge in [0.05, 0.1) is 0 Å². The van der Waals surface area contributed by atoms with Gasteiger partial charge in [-0.3, -0.25) is 14.5 Å². The van der Waals surface area contributed by atoms with Crippen LogP contribution in [0.1, 0.15) is 6.92 Å². The molecule has 0 spiro atoms. The first kappa shape index (κ1) is 14.2. The number of nitrogens with zero attached hydrogens (tertiary/aromatic N) is 1. The molecule has 108 valence electrons. The second-order valence-corrected chi connectivity index (χ2v) is 4.13. The molecule has 2 amide bonds. The van der Waals surface area contributed by atoms with E-state index in [9.17, 15) is 31.5 Å². The largest absolute Gasteiger partial charge is 0.343 e. The minimum atomic E-state index is -2.33. The lowest BCUT2D eigenvalue weighted by atomic mass is 10.1. The van der Waals surface area contributed by atoms with Crippen LogP contribution in [0.5, 0.6) is 0 Å². The van der Waals surface area contributed by atoms with Crippen LogP contribution in [0.3, 0.4) is 0 Å². The van der Waals surface area contributed by atoms with Gasteiger partial charge in [0, 0.05) is 0 Å². The average molecular weight is 294 g/mol. The fourth-order valence-corrected chi connectivity index (χ4v) is 1.82. The SMILES string of the molecule is CC1NC(=O)CN(c2c(F)c(F)c(F)c(F)c2F)C1=O. The second-order valence-electron chi connectivity index (χ2n) is 4.13. The Balaban J connectivity index is 2.63. The minimum absolute atomic E-state index is 0.236. The van der Waals surface area contributed by atoms with Crippen molar-refractivity contribution < 1.29 is 31.5 Å². The van der Waals surface area contributed by atoms with Crippen LogP contribution in [0.15, 0.2) is 0 Å². The molecule has 0 aliphatic carbocycles. The Bertz CT molecular complexity index is 590. The molecule has 1 unspecified atom stereocenters. The van der Waals surface area contributed by atoms with Gasteiger partial charge in [0.1, 0.15) is 18.3 Å². The minimum Gasteiger partial charge on any atom is -0.343 e. The van der Waals surface area contributed by atoms with Crippen molar-refractivity contribution in [1.82, 2.24) is 5.32 Å². The first-order chi connectivity index (χ1) is 9.25. The molecule has 1 aromatic carbocycles. The van der Waals surface area contributed by atoms with E-state index in [1.54, 1.807) is 0 Å². The van der Waals surface area contributed by atoms with Crippen molar-refractivity contribution in [1.29, 1.82) is 0 Å². The van der Waals surface area contributed by atoms with Crippen molar-refractivity contribution in [2.75, 3.05) is 11.4 Å². The number of piperazine rings is 1. The zero-order chi connectivity index (χ0) is 15.2. The van der Waals surface area contributed by atoms with Crippen molar-refractivity contribution in [3.63, 3.8) is 0 Å². The van der Waals surface area contributed by atoms with Crippen molar-refractivity contribution in [2.45, 2.75) is 13.0 Å². The zero-order valence-corrected chi connectivity index (χ0v) is 9.94. The Kier molecular flexibility index (Phi) is 3.36. The molecule has 0 aromatic heterocycles. The van der Waals surface area contributed by atoms with Crippen LogP contribution in [0.4, 0.5) is 27.6 Å². The summed E-state index contributed by atoms with van der Waals surface area (Å²) in [5, 5.41) is 2.17. The molecule has 1 N–H and O–H groups in total. The van der Waals surface area contributed by atoms with E-state index in [4.69, 9.17) is 0 Å². The second kappa shape index (κ2) is 4.73. The average Bonchev–Trinajstić information content (AvgIpc) is 2.39. The van der Waals surface area contributed by atoms with Crippen LogP contribution >= 0.6 is 0 Å². The van der Waals surface area contributed by atoms with Crippen LogP contribution in [-0.4, -0.2) is 24.4 Å². The monoisotopic (exact) mass is 294 g/mol. The van der Waals surface area contributed by atoms with Crippen LogP contribution in [0, 0.1) is 29.1 Å². The summed E-state index contributed by atoms with van der Waals surface area (Å²) in [5.41, 5.74) is -1.42. The van der Waals surface area contributed by atoms with E-state index in [1.165, 1.54) is 6.92 Å². The van der Waals surface area contributed by atoms with Gasteiger partial charge in [-0.25, -0.2) is 22.0 Å². The number of amides is 2. The topological polar surface area (TPSA) is 49.4 Å². The summed E-state index contributed by atoms with van der Waals surface area (Å²) in [6.45, 7) is 0.389. The van der Waals surface area contributed by atoms with Gasteiger partial charge in [-0.2, -0.15) is 0 Å². The molecule has 2 rings (SSSR count). The summed E-state index contributed by atoms with van der Waals surface area (Å²) in [6.07, 6.45) is 0. The summed E-state index contributed by atoms with van der Waals surface area (Å²) < 4.78 is 66.2. The lowest BCUT2D eigenvalue weighted by Gasteiger charge is -2.31. The maximum absolute atomic E-state index is 13.6. The summed E-state index contributed by atoms with van der Waals surface area (Å²) in [7, 11) is 0. The number of carbonyl (C=O) groups excluding carboxylic acids is 2. The maximum Gasteiger partial charge on any atom is 0.249 e. The standard InChI is InChI=1S/C11H7F5N2O2/c1-3-11(20)18(2-4(19)17-3)10-8(15)6(13)5(12)7(14)9(10)16/h3H,2H2,1H3,(H,17,19). The van der Waals surface area contributed by atoms with E-state index in [-0.39, 0.29) is 4.90 Å². The summed E-state index contributed by atoms with van der Waals surface area (Å²) in [5.74, 6) is -12.7. The fraction of sp³-hybridized carbons (Fsp3) is 0.273. The highest BCUT2D eigenvalue weighted by Gasteiger charge is 2.37. The quantitative estimate of drug-likeness (QED) is 0.481. The number of halogens is 5. The summed E-state index contributed by atoms with van der Waals surface area (Å²) >= 11 is 0. The molecular formula is C11H7F5N2O2. The number of anilines is 1. The van der Waals surface area contributed by atoms with Gasteiger partial charge in [0.2, 0.25) is 17.6 Å². The highest BCUT2D eigenvalue weighted by molar-refractivity contribution is 6.06. The van der Waals surface area contributed by atoms with E-state index >= 15 is 0 Å². The van der Waals surface area contributed by atoms with E-state index < -0.39 is 59.2 Å². The molecule has 1 aliphatic rings. The molecule has 20 heavy (non-hydrogen) atoms. The molecule has 1 fully saturated rings. The molecule has 0 radical (unpaired) electrons. The molecule has 1 aromatic rings. The highest BCUT2D eigenvalue weighted by atomic mass is 19.2. The van der Waals surface area contributed by atoms with E-state index in [0.29, 0.717) is 0 Å². The molecular weight excluding hydrogens is 287 g/mol. The van der Waals surface area contributed by atoms with Crippen LogP contribution in [-0.2, 0) is 9.59 Å². The summed E-state index contributed by atoms with van der Waals surface area (Å²) in [6, 6.07) is -1.13. The predicted octanol–water partition coefficient (Wildman–Crippen LogP) is 1.23. The Morgan fingerprint density at radius 2 is 1.40 bits per heavy atom. The van der Waals surface area contributed by atoms with E-state index in [2.05, 4.69) is 5.32 Å². The smallest absolute Gasteiger partial charge is 0.249 e. The molecule has 1 atom stereocenters. The van der Waals surface area contributed by atoms with Gasteiger partial charge in [0.15, 0.2) is 23.3 Å². The van der Waals surface area contributed by atoms with Crippen molar-refractivity contribution >= 4 is 17.5 Å². The summed E-state index contributed by atoms with van der Waals surface area (Å²) in [4.78, 5) is 23.2. The van der Waals surface area contributed by atoms with Crippen molar-refractivity contribution in [3.8, 4) is 0 Å². The molecule has 4 nitrogen and oxygen atoms in total. The van der Waals surface area contributed by atoms with Crippen LogP contribution in [0.2, 0.25) is 0 Å². The Hall–Kier alpha value is -2.19. The predicted molar refractivity (Wildman–Crippen MR) is 56.2 cm³/mol. The number of benzene rings is 1. The third-order valence-electron chi connectivity index (χ3n) is 2.77.